The van der Waals surface area contributed by atoms with Crippen molar-refractivity contribution in [1.29, 1.82) is 0 Å². The lowest BCUT2D eigenvalue weighted by Crippen LogP contribution is -2.14. The van der Waals surface area contributed by atoms with E-state index in [1.165, 1.54) is 87.8 Å². The zero-order chi connectivity index (χ0) is 34.8. The van der Waals surface area contributed by atoms with E-state index in [0.29, 0.717) is 0 Å². The van der Waals surface area contributed by atoms with Crippen molar-refractivity contribution in [1.82, 2.24) is 18.7 Å². The maximum absolute atomic E-state index is 4.96. The van der Waals surface area contributed by atoms with Gasteiger partial charge in [0.2, 0.25) is 0 Å². The Morgan fingerprint density at radius 1 is 0.434 bits per heavy atom. The van der Waals surface area contributed by atoms with Gasteiger partial charge in [-0.25, -0.2) is 0 Å². The van der Waals surface area contributed by atoms with E-state index in [1.54, 1.807) is 0 Å². The number of hydrogen-bond acceptors (Lipinski definition) is 1. The summed E-state index contributed by atoms with van der Waals surface area (Å²) in [5.74, 6) is 0.184. The molecule has 1 atom stereocenters. The van der Waals surface area contributed by atoms with E-state index in [4.69, 9.17) is 4.98 Å². The lowest BCUT2D eigenvalue weighted by Gasteiger charge is -2.29. The van der Waals surface area contributed by atoms with Crippen molar-refractivity contribution < 1.29 is 0 Å². The SMILES string of the molecule is CC1c2c(-c3ccccn3)cc(-n3c4ccccc4c4cc(-n5c6ccccc6c6ccccc65)ccc43)cc2-n2c3ccccc3c3cccc1c32. The highest BCUT2D eigenvalue weighted by Crippen LogP contribution is 2.49. The van der Waals surface area contributed by atoms with Crippen molar-refractivity contribution >= 4 is 65.4 Å². The molecule has 12 rings (SSSR count). The van der Waals surface area contributed by atoms with Gasteiger partial charge in [0.05, 0.1) is 44.5 Å². The Bertz CT molecular complexity index is 3250. The van der Waals surface area contributed by atoms with Gasteiger partial charge in [-0.15, -0.1) is 0 Å². The van der Waals surface area contributed by atoms with Crippen molar-refractivity contribution in [2.24, 2.45) is 0 Å². The van der Waals surface area contributed by atoms with E-state index in [1.807, 2.05) is 12.3 Å². The van der Waals surface area contributed by atoms with Gasteiger partial charge in [0.25, 0.3) is 0 Å². The summed E-state index contributed by atoms with van der Waals surface area (Å²) in [4.78, 5) is 4.96. The molecule has 53 heavy (non-hydrogen) atoms. The Hall–Kier alpha value is -6.91. The number of aromatic nitrogens is 4. The molecular weight excluding hydrogens is 645 g/mol. The average Bonchev–Trinajstić information content (AvgIpc) is 3.86. The predicted octanol–water partition coefficient (Wildman–Crippen LogP) is 12.5. The molecule has 0 radical (unpaired) electrons. The Morgan fingerprint density at radius 2 is 0.981 bits per heavy atom. The van der Waals surface area contributed by atoms with Gasteiger partial charge in [0, 0.05) is 61.4 Å². The Labute approximate surface area is 305 Å². The molecule has 0 saturated carbocycles. The highest BCUT2D eigenvalue weighted by Gasteiger charge is 2.31. The molecule has 4 nitrogen and oxygen atoms in total. The normalized spacial score (nSPS) is 13.9. The lowest BCUT2D eigenvalue weighted by atomic mass is 9.83. The first-order valence-corrected chi connectivity index (χ1v) is 18.4. The van der Waals surface area contributed by atoms with Crippen LogP contribution in [0.4, 0.5) is 0 Å². The van der Waals surface area contributed by atoms with E-state index in [0.717, 1.165) is 17.1 Å². The third-order valence-electron chi connectivity index (χ3n) is 11.7. The fourth-order valence-corrected chi connectivity index (χ4v) is 9.51. The molecule has 11 aromatic rings. The zero-order valence-electron chi connectivity index (χ0n) is 29.0. The molecule has 0 bridgehead atoms. The third-order valence-corrected chi connectivity index (χ3v) is 11.7. The number of rotatable bonds is 3. The van der Waals surface area contributed by atoms with E-state index in [9.17, 15) is 0 Å². The average molecular weight is 677 g/mol. The summed E-state index contributed by atoms with van der Waals surface area (Å²) in [7, 11) is 0. The van der Waals surface area contributed by atoms with Gasteiger partial charge < -0.3 is 13.7 Å². The van der Waals surface area contributed by atoms with E-state index in [-0.39, 0.29) is 5.92 Å². The van der Waals surface area contributed by atoms with Gasteiger partial charge in [-0.05, 0) is 77.9 Å². The highest BCUT2D eigenvalue weighted by molar-refractivity contribution is 6.14. The smallest absolute Gasteiger partial charge is 0.0706 e. The number of nitrogens with zero attached hydrogens (tertiary/aromatic N) is 4. The van der Waals surface area contributed by atoms with Gasteiger partial charge in [-0.2, -0.15) is 0 Å². The summed E-state index contributed by atoms with van der Waals surface area (Å²) in [5.41, 5.74) is 15.6. The van der Waals surface area contributed by atoms with Crippen molar-refractivity contribution in [3.63, 3.8) is 0 Å². The number of pyridine rings is 1. The Morgan fingerprint density at radius 3 is 1.64 bits per heavy atom. The molecule has 1 aliphatic heterocycles. The molecule has 0 fully saturated rings. The molecule has 0 aliphatic carbocycles. The van der Waals surface area contributed by atoms with Crippen LogP contribution in [-0.2, 0) is 0 Å². The van der Waals surface area contributed by atoms with Gasteiger partial charge in [0.1, 0.15) is 0 Å². The van der Waals surface area contributed by atoms with Crippen LogP contribution in [-0.4, -0.2) is 18.7 Å². The van der Waals surface area contributed by atoms with Crippen LogP contribution >= 0.6 is 0 Å². The fraction of sp³-hybridized carbons (Fsp3) is 0.0408. The van der Waals surface area contributed by atoms with Crippen LogP contribution in [0.3, 0.4) is 0 Å². The van der Waals surface area contributed by atoms with E-state index >= 15 is 0 Å². The first-order valence-electron chi connectivity index (χ1n) is 18.4. The largest absolute Gasteiger partial charge is 0.309 e. The van der Waals surface area contributed by atoms with E-state index in [2.05, 4.69) is 178 Å². The minimum Gasteiger partial charge on any atom is -0.309 e. The zero-order valence-corrected chi connectivity index (χ0v) is 29.0. The van der Waals surface area contributed by atoms with Crippen LogP contribution in [0, 0.1) is 0 Å². The van der Waals surface area contributed by atoms with Gasteiger partial charge in [-0.1, -0.05) is 104 Å². The maximum atomic E-state index is 4.96. The van der Waals surface area contributed by atoms with Crippen molar-refractivity contribution in [2.75, 3.05) is 0 Å². The van der Waals surface area contributed by atoms with Crippen LogP contribution in [0.15, 0.2) is 170 Å². The van der Waals surface area contributed by atoms with Gasteiger partial charge in [-0.3, -0.25) is 4.98 Å². The van der Waals surface area contributed by atoms with E-state index < -0.39 is 0 Å². The molecule has 7 aromatic carbocycles. The lowest BCUT2D eigenvalue weighted by molar-refractivity contribution is 0.880. The molecule has 4 heteroatoms. The van der Waals surface area contributed by atoms with Crippen LogP contribution in [0.2, 0.25) is 0 Å². The molecular formula is C49H32N4. The van der Waals surface area contributed by atoms with Crippen LogP contribution in [0.1, 0.15) is 24.0 Å². The van der Waals surface area contributed by atoms with Gasteiger partial charge >= 0.3 is 0 Å². The topological polar surface area (TPSA) is 27.7 Å². The summed E-state index contributed by atoms with van der Waals surface area (Å²) in [6, 6.07) is 60.0. The Kier molecular flexibility index (Phi) is 5.73. The van der Waals surface area contributed by atoms with Crippen LogP contribution in [0.5, 0.6) is 0 Å². The Balaban J connectivity index is 1.18. The summed E-state index contributed by atoms with van der Waals surface area (Å²) < 4.78 is 7.39. The number of para-hydroxylation sites is 5. The number of hydrogen-bond donors (Lipinski definition) is 0. The molecule has 4 aromatic heterocycles. The monoisotopic (exact) mass is 676 g/mol. The first-order chi connectivity index (χ1) is 26.2. The first kappa shape index (κ1) is 28.8. The predicted molar refractivity (Wildman–Crippen MR) is 220 cm³/mol. The molecule has 1 aliphatic rings. The summed E-state index contributed by atoms with van der Waals surface area (Å²) >= 11 is 0. The summed E-state index contributed by atoms with van der Waals surface area (Å²) in [6.45, 7) is 2.36. The second-order valence-corrected chi connectivity index (χ2v) is 14.4. The second kappa shape index (κ2) is 10.6. The molecule has 0 saturated heterocycles. The van der Waals surface area contributed by atoms with Crippen molar-refractivity contribution in [3.8, 4) is 28.3 Å². The quantitative estimate of drug-likeness (QED) is 0.183. The van der Waals surface area contributed by atoms with Crippen molar-refractivity contribution in [3.05, 3.63) is 181 Å². The van der Waals surface area contributed by atoms with Crippen LogP contribution in [0.25, 0.3) is 93.7 Å². The molecule has 248 valence electrons. The molecule has 1 unspecified atom stereocenters. The maximum Gasteiger partial charge on any atom is 0.0706 e. The van der Waals surface area contributed by atoms with Gasteiger partial charge in [0.15, 0.2) is 0 Å². The minimum atomic E-state index is 0.184. The standard InChI is InChI=1S/C49H32N4/c1-30-33-17-12-18-38-36-15-4-9-23-45(36)53(49(33)38)47-29-32(28-40(48(30)47)41-19-10-11-26-50-41)52-44-22-8-5-16-37(44)39-27-31(24-25-46(39)52)51-42-20-6-2-13-34(42)35-14-3-7-21-43(35)51/h2-30H,1H3. The summed E-state index contributed by atoms with van der Waals surface area (Å²) in [5, 5.41) is 7.58. The third kappa shape index (κ3) is 3.82. The molecule has 5 heterocycles. The molecule has 0 N–H and O–H groups in total. The molecule has 0 amide bonds. The van der Waals surface area contributed by atoms with Crippen LogP contribution < -0.4 is 0 Å². The number of fused-ring (bicyclic) bond motifs is 11. The minimum absolute atomic E-state index is 0.184. The summed E-state index contributed by atoms with van der Waals surface area (Å²) in [6.07, 6.45) is 1.91. The number of benzene rings is 7. The molecule has 0 spiro atoms. The highest BCUT2D eigenvalue weighted by atomic mass is 15.0. The van der Waals surface area contributed by atoms with Crippen molar-refractivity contribution in [2.45, 2.75) is 12.8 Å². The second-order valence-electron chi connectivity index (χ2n) is 14.4. The fourth-order valence-electron chi connectivity index (χ4n) is 9.51.